The fourth-order valence-electron chi connectivity index (χ4n) is 2.50. The van der Waals surface area contributed by atoms with Crippen LogP contribution in [0, 0.1) is 0 Å². The van der Waals surface area contributed by atoms with E-state index in [1.54, 1.807) is 19.6 Å². The molecule has 1 N–H and O–H groups in total. The molecule has 1 aliphatic heterocycles. The molecule has 1 aliphatic rings. The van der Waals surface area contributed by atoms with Crippen molar-refractivity contribution in [3.05, 3.63) is 31.0 Å². The summed E-state index contributed by atoms with van der Waals surface area (Å²) in [5.74, 6) is 2.35. The predicted octanol–water partition coefficient (Wildman–Crippen LogP) is 1.36. The molecule has 0 aliphatic carbocycles. The Kier molecular flexibility index (Phi) is 4.09. The number of hydrogen-bond acceptors (Lipinski definition) is 7. The first-order valence-corrected chi connectivity index (χ1v) is 6.98. The molecule has 0 bridgehead atoms. The average Bonchev–Trinajstić information content (AvgIpc) is 2.56. The molecule has 0 saturated carbocycles. The van der Waals surface area contributed by atoms with E-state index < -0.39 is 0 Å². The molecule has 7 heteroatoms. The van der Waals surface area contributed by atoms with Gasteiger partial charge in [0.15, 0.2) is 0 Å². The summed E-state index contributed by atoms with van der Waals surface area (Å²) in [5.41, 5.74) is 0. The van der Waals surface area contributed by atoms with Crippen molar-refractivity contribution in [2.24, 2.45) is 0 Å². The molecule has 3 heterocycles. The highest BCUT2D eigenvalue weighted by Crippen LogP contribution is 2.21. The van der Waals surface area contributed by atoms with Gasteiger partial charge in [0, 0.05) is 31.4 Å². The number of nitrogens with one attached hydrogen (secondary N) is 1. The number of piperidine rings is 1. The summed E-state index contributed by atoms with van der Waals surface area (Å²) in [6.45, 7) is 1.87. The van der Waals surface area contributed by atoms with E-state index in [4.69, 9.17) is 4.74 Å². The third kappa shape index (κ3) is 3.36. The predicted molar refractivity (Wildman–Crippen MR) is 79.5 cm³/mol. The number of anilines is 2. The minimum absolute atomic E-state index is 0.342. The maximum absolute atomic E-state index is 5.16. The highest BCUT2D eigenvalue weighted by Gasteiger charge is 2.21. The highest BCUT2D eigenvalue weighted by atomic mass is 16.5. The van der Waals surface area contributed by atoms with Crippen molar-refractivity contribution >= 4 is 11.6 Å². The molecular weight excluding hydrogens is 268 g/mol. The van der Waals surface area contributed by atoms with Gasteiger partial charge in [0.05, 0.1) is 7.11 Å². The van der Waals surface area contributed by atoms with Crippen LogP contribution in [0.25, 0.3) is 0 Å². The first kappa shape index (κ1) is 13.5. The normalized spacial score (nSPS) is 18.3. The molecule has 1 unspecified atom stereocenters. The standard InChI is InChI=1S/C14H18N6O/c1-21-14-7-13(17-10-18-14)20-6-2-3-11(8-20)19-12-4-5-15-9-16-12/h4-5,7,9-11H,2-3,6,8H2,1H3,(H,15,16,19). The van der Waals surface area contributed by atoms with E-state index in [1.807, 2.05) is 12.1 Å². The summed E-state index contributed by atoms with van der Waals surface area (Å²) >= 11 is 0. The lowest BCUT2D eigenvalue weighted by Gasteiger charge is -2.34. The van der Waals surface area contributed by atoms with E-state index in [2.05, 4.69) is 30.2 Å². The van der Waals surface area contributed by atoms with Crippen molar-refractivity contribution in [3.63, 3.8) is 0 Å². The fourth-order valence-corrected chi connectivity index (χ4v) is 2.50. The van der Waals surface area contributed by atoms with Crippen molar-refractivity contribution < 1.29 is 4.74 Å². The summed E-state index contributed by atoms with van der Waals surface area (Å²) in [7, 11) is 1.61. The molecule has 2 aromatic rings. The number of methoxy groups -OCH3 is 1. The average molecular weight is 286 g/mol. The molecule has 2 aromatic heterocycles. The molecule has 1 atom stereocenters. The van der Waals surface area contributed by atoms with Crippen molar-refractivity contribution in [1.29, 1.82) is 0 Å². The zero-order valence-electron chi connectivity index (χ0n) is 11.9. The van der Waals surface area contributed by atoms with Gasteiger partial charge in [0.1, 0.15) is 24.3 Å². The van der Waals surface area contributed by atoms with Crippen LogP contribution in [0.4, 0.5) is 11.6 Å². The van der Waals surface area contributed by atoms with Crippen LogP contribution in [0.15, 0.2) is 31.0 Å². The van der Waals surface area contributed by atoms with E-state index in [0.717, 1.165) is 37.6 Å². The van der Waals surface area contributed by atoms with Crippen LogP contribution in [-0.2, 0) is 0 Å². The molecule has 3 rings (SSSR count). The SMILES string of the molecule is COc1cc(N2CCCC(Nc3ccncn3)C2)ncn1. The van der Waals surface area contributed by atoms with Crippen molar-refractivity contribution in [2.75, 3.05) is 30.4 Å². The summed E-state index contributed by atoms with van der Waals surface area (Å²) < 4.78 is 5.16. The fraction of sp³-hybridized carbons (Fsp3) is 0.429. The Morgan fingerprint density at radius 3 is 3.05 bits per heavy atom. The van der Waals surface area contributed by atoms with Gasteiger partial charge in [-0.25, -0.2) is 19.9 Å². The quantitative estimate of drug-likeness (QED) is 0.909. The lowest BCUT2D eigenvalue weighted by molar-refractivity contribution is 0.396. The molecule has 1 saturated heterocycles. The van der Waals surface area contributed by atoms with E-state index in [1.165, 1.54) is 6.33 Å². The number of ether oxygens (including phenoxy) is 1. The number of rotatable bonds is 4. The zero-order chi connectivity index (χ0) is 14.5. The number of aromatic nitrogens is 4. The molecule has 0 amide bonds. The Labute approximate surface area is 123 Å². The number of hydrogen-bond donors (Lipinski definition) is 1. The lowest BCUT2D eigenvalue weighted by Crippen LogP contribution is -2.42. The van der Waals surface area contributed by atoms with Gasteiger partial charge >= 0.3 is 0 Å². The van der Waals surface area contributed by atoms with Gasteiger partial charge in [-0.05, 0) is 18.9 Å². The van der Waals surface area contributed by atoms with Crippen molar-refractivity contribution in [3.8, 4) is 5.88 Å². The second-order valence-electron chi connectivity index (χ2n) is 4.94. The Balaban J connectivity index is 1.67. The maximum Gasteiger partial charge on any atom is 0.218 e. The molecule has 110 valence electrons. The molecule has 0 aromatic carbocycles. The highest BCUT2D eigenvalue weighted by molar-refractivity contribution is 5.43. The van der Waals surface area contributed by atoms with Crippen LogP contribution in [0.5, 0.6) is 5.88 Å². The Hall–Kier alpha value is -2.44. The summed E-state index contributed by atoms with van der Waals surface area (Å²) in [6.07, 6.45) is 7.05. The van der Waals surface area contributed by atoms with Gasteiger partial charge in [0.2, 0.25) is 5.88 Å². The lowest BCUT2D eigenvalue weighted by atomic mass is 10.1. The van der Waals surface area contributed by atoms with Crippen molar-refractivity contribution in [1.82, 2.24) is 19.9 Å². The van der Waals surface area contributed by atoms with Crippen LogP contribution in [0.2, 0.25) is 0 Å². The summed E-state index contributed by atoms with van der Waals surface area (Å²) in [6, 6.07) is 4.09. The van der Waals surface area contributed by atoms with Gasteiger partial charge in [-0.15, -0.1) is 0 Å². The molecule has 7 nitrogen and oxygen atoms in total. The van der Waals surface area contributed by atoms with Crippen LogP contribution in [0.1, 0.15) is 12.8 Å². The monoisotopic (exact) mass is 286 g/mol. The van der Waals surface area contributed by atoms with Crippen LogP contribution >= 0.6 is 0 Å². The second kappa shape index (κ2) is 6.34. The first-order valence-electron chi connectivity index (χ1n) is 6.98. The van der Waals surface area contributed by atoms with Gasteiger partial charge < -0.3 is 15.0 Å². The minimum atomic E-state index is 0.342. The Morgan fingerprint density at radius 1 is 1.29 bits per heavy atom. The molecule has 1 fully saturated rings. The van der Waals surface area contributed by atoms with Crippen LogP contribution < -0.4 is 15.0 Å². The largest absolute Gasteiger partial charge is 0.481 e. The minimum Gasteiger partial charge on any atom is -0.481 e. The first-order chi connectivity index (χ1) is 10.3. The van der Waals surface area contributed by atoms with Crippen LogP contribution in [0.3, 0.4) is 0 Å². The van der Waals surface area contributed by atoms with E-state index in [9.17, 15) is 0 Å². The third-order valence-corrected chi connectivity index (χ3v) is 3.52. The third-order valence-electron chi connectivity index (χ3n) is 3.52. The van der Waals surface area contributed by atoms with E-state index >= 15 is 0 Å². The van der Waals surface area contributed by atoms with Gasteiger partial charge in [0.25, 0.3) is 0 Å². The Bertz CT molecular complexity index is 579. The molecule has 0 spiro atoms. The van der Waals surface area contributed by atoms with Gasteiger partial charge in [-0.3, -0.25) is 0 Å². The van der Waals surface area contributed by atoms with Crippen LogP contribution in [-0.4, -0.2) is 46.2 Å². The second-order valence-corrected chi connectivity index (χ2v) is 4.94. The zero-order valence-corrected chi connectivity index (χ0v) is 11.9. The van der Waals surface area contributed by atoms with Crippen molar-refractivity contribution in [2.45, 2.75) is 18.9 Å². The van der Waals surface area contributed by atoms with E-state index in [-0.39, 0.29) is 0 Å². The molecule has 0 radical (unpaired) electrons. The number of nitrogens with zero attached hydrogens (tertiary/aromatic N) is 5. The van der Waals surface area contributed by atoms with Gasteiger partial charge in [-0.1, -0.05) is 0 Å². The van der Waals surface area contributed by atoms with Gasteiger partial charge in [-0.2, -0.15) is 0 Å². The molecule has 21 heavy (non-hydrogen) atoms. The summed E-state index contributed by atoms with van der Waals surface area (Å²) in [4.78, 5) is 18.8. The summed E-state index contributed by atoms with van der Waals surface area (Å²) in [5, 5.41) is 3.44. The smallest absolute Gasteiger partial charge is 0.218 e. The molecular formula is C14H18N6O. The van der Waals surface area contributed by atoms with E-state index in [0.29, 0.717) is 11.9 Å². The Morgan fingerprint density at radius 2 is 2.24 bits per heavy atom. The topological polar surface area (TPSA) is 76.1 Å². The maximum atomic E-state index is 5.16.